The number of likely N-dealkylation sites (tertiary alicyclic amines) is 1. The van der Waals surface area contributed by atoms with E-state index < -0.39 is 0 Å². The van der Waals surface area contributed by atoms with E-state index in [2.05, 4.69) is 26.3 Å². The van der Waals surface area contributed by atoms with Crippen LogP contribution in [0.15, 0.2) is 22.7 Å². The highest BCUT2D eigenvalue weighted by Gasteiger charge is 2.34. The topological polar surface area (TPSA) is 58.4 Å². The summed E-state index contributed by atoms with van der Waals surface area (Å²) in [6.45, 7) is 2.16. The van der Waals surface area contributed by atoms with Gasteiger partial charge in [-0.05, 0) is 55.8 Å². The number of nitrogens with two attached hydrogens (primary N) is 1. The van der Waals surface area contributed by atoms with Crippen LogP contribution in [0.3, 0.4) is 0 Å². The first-order valence-corrected chi connectivity index (χ1v) is 8.52. The lowest BCUT2D eigenvalue weighted by atomic mass is 9.91. The highest BCUT2D eigenvalue weighted by molar-refractivity contribution is 9.10. The smallest absolute Gasteiger partial charge is 0.265 e. The van der Waals surface area contributed by atoms with Crippen LogP contribution in [0, 0.1) is 5.92 Å². The van der Waals surface area contributed by atoms with Crippen LogP contribution in [0.4, 0.5) is 0 Å². The van der Waals surface area contributed by atoms with Crippen molar-refractivity contribution in [2.75, 3.05) is 6.54 Å². The molecule has 0 radical (unpaired) electrons. The summed E-state index contributed by atoms with van der Waals surface area (Å²) in [5, 5.41) is 0. The molecule has 4 nitrogen and oxygen atoms in total. The van der Waals surface area contributed by atoms with E-state index in [0.717, 1.165) is 23.0 Å². The van der Waals surface area contributed by atoms with Crippen LogP contribution in [-0.2, 0) is 6.54 Å². The zero-order valence-corrected chi connectivity index (χ0v) is 13.7. The molecule has 0 spiro atoms. The molecule has 3 N–H and O–H groups in total. The van der Waals surface area contributed by atoms with Gasteiger partial charge in [0.2, 0.25) is 0 Å². The fraction of sp³-hybridized carbons (Fsp3) is 0.562. The minimum Gasteiger partial charge on any atom is -0.296 e. The Labute approximate surface area is 134 Å². The van der Waals surface area contributed by atoms with Crippen molar-refractivity contribution in [3.05, 3.63) is 33.8 Å². The number of nitrogen functional groups attached to an aromatic ring is 1. The number of hydrazine groups is 1. The van der Waals surface area contributed by atoms with Gasteiger partial charge in [0.15, 0.2) is 0 Å². The molecule has 114 valence electrons. The van der Waals surface area contributed by atoms with Crippen molar-refractivity contribution < 1.29 is 4.79 Å². The number of carbonyl (C=O) groups excluding carboxylic acids is 1. The molecule has 1 aromatic carbocycles. The van der Waals surface area contributed by atoms with Gasteiger partial charge in [-0.3, -0.25) is 15.1 Å². The SMILES string of the molecule is NNC(=O)c1ccc(CN2CCCC3CCCC32)c(Br)c1. The Kier molecular flexibility index (Phi) is 4.62. The van der Waals surface area contributed by atoms with E-state index in [-0.39, 0.29) is 5.91 Å². The van der Waals surface area contributed by atoms with Gasteiger partial charge in [0.1, 0.15) is 0 Å². The molecule has 2 aliphatic rings. The predicted molar refractivity (Wildman–Crippen MR) is 86.6 cm³/mol. The van der Waals surface area contributed by atoms with Crippen LogP contribution < -0.4 is 11.3 Å². The fourth-order valence-electron chi connectivity index (χ4n) is 3.87. The van der Waals surface area contributed by atoms with Gasteiger partial charge in [0, 0.05) is 22.6 Å². The third-order valence-corrected chi connectivity index (χ3v) is 5.67. The Morgan fingerprint density at radius 2 is 2.14 bits per heavy atom. The number of fused-ring (bicyclic) bond motifs is 1. The van der Waals surface area contributed by atoms with Crippen molar-refractivity contribution in [2.45, 2.75) is 44.7 Å². The molecular weight excluding hydrogens is 330 g/mol. The average molecular weight is 352 g/mol. The quantitative estimate of drug-likeness (QED) is 0.500. The third-order valence-electron chi connectivity index (χ3n) is 4.93. The molecule has 1 aromatic rings. The molecule has 0 bridgehead atoms. The third kappa shape index (κ3) is 3.15. The summed E-state index contributed by atoms with van der Waals surface area (Å²) in [4.78, 5) is 14.2. The van der Waals surface area contributed by atoms with Gasteiger partial charge >= 0.3 is 0 Å². The molecule has 0 aromatic heterocycles. The van der Waals surface area contributed by atoms with Crippen LogP contribution in [-0.4, -0.2) is 23.4 Å². The van der Waals surface area contributed by atoms with E-state index in [4.69, 9.17) is 5.84 Å². The summed E-state index contributed by atoms with van der Waals surface area (Å²) < 4.78 is 0.990. The van der Waals surface area contributed by atoms with E-state index in [1.54, 1.807) is 0 Å². The first kappa shape index (κ1) is 15.0. The standard InChI is InChI=1S/C16H22BrN3O/c17-14-9-12(16(21)19-18)6-7-13(14)10-20-8-2-4-11-3-1-5-15(11)20/h6-7,9,11,15H,1-5,8,10,18H2,(H,19,21). The number of benzene rings is 1. The second-order valence-electron chi connectivity index (χ2n) is 6.15. The first-order valence-electron chi connectivity index (χ1n) is 7.72. The van der Waals surface area contributed by atoms with Crippen molar-refractivity contribution in [3.63, 3.8) is 0 Å². The monoisotopic (exact) mass is 351 g/mol. The zero-order chi connectivity index (χ0) is 14.8. The minimum absolute atomic E-state index is 0.254. The van der Waals surface area contributed by atoms with Gasteiger partial charge in [-0.15, -0.1) is 0 Å². The number of nitrogens with one attached hydrogen (secondary N) is 1. The van der Waals surface area contributed by atoms with Gasteiger partial charge in [0.25, 0.3) is 5.91 Å². The lowest BCUT2D eigenvalue weighted by Crippen LogP contribution is -2.41. The van der Waals surface area contributed by atoms with Gasteiger partial charge in [0.05, 0.1) is 0 Å². The summed E-state index contributed by atoms with van der Waals surface area (Å²) in [5.74, 6) is 5.83. The number of amides is 1. The van der Waals surface area contributed by atoms with E-state index in [0.29, 0.717) is 5.56 Å². The Morgan fingerprint density at radius 1 is 1.33 bits per heavy atom. The predicted octanol–water partition coefficient (Wildman–Crippen LogP) is 2.82. The molecule has 1 aliphatic carbocycles. The van der Waals surface area contributed by atoms with Crippen LogP contribution in [0.1, 0.15) is 48.0 Å². The minimum atomic E-state index is -0.254. The number of nitrogens with zero attached hydrogens (tertiary/aromatic N) is 1. The lowest BCUT2D eigenvalue weighted by molar-refractivity contribution is 0.0953. The molecule has 1 saturated carbocycles. The van der Waals surface area contributed by atoms with Crippen LogP contribution in [0.5, 0.6) is 0 Å². The van der Waals surface area contributed by atoms with E-state index in [1.807, 2.05) is 18.2 Å². The Balaban J connectivity index is 1.74. The fourth-order valence-corrected chi connectivity index (χ4v) is 4.38. The van der Waals surface area contributed by atoms with Gasteiger partial charge in [-0.25, -0.2) is 5.84 Å². The number of hydrogen-bond acceptors (Lipinski definition) is 3. The molecule has 2 atom stereocenters. The largest absolute Gasteiger partial charge is 0.296 e. The van der Waals surface area contributed by atoms with Gasteiger partial charge < -0.3 is 0 Å². The highest BCUT2D eigenvalue weighted by Crippen LogP contribution is 2.37. The average Bonchev–Trinajstić information content (AvgIpc) is 2.98. The zero-order valence-electron chi connectivity index (χ0n) is 12.1. The molecule has 21 heavy (non-hydrogen) atoms. The Morgan fingerprint density at radius 3 is 2.90 bits per heavy atom. The number of hydrogen-bond donors (Lipinski definition) is 2. The first-order chi connectivity index (χ1) is 10.2. The second kappa shape index (κ2) is 6.46. The maximum Gasteiger partial charge on any atom is 0.265 e. The van der Waals surface area contributed by atoms with Crippen molar-refractivity contribution in [1.82, 2.24) is 10.3 Å². The molecule has 1 saturated heterocycles. The van der Waals surface area contributed by atoms with Crippen LogP contribution in [0.2, 0.25) is 0 Å². The van der Waals surface area contributed by atoms with E-state index in [1.165, 1.54) is 44.2 Å². The molecule has 5 heteroatoms. The molecular formula is C16H22BrN3O. The molecule has 1 aliphatic heterocycles. The Hall–Kier alpha value is -0.910. The van der Waals surface area contributed by atoms with Crippen LogP contribution in [0.25, 0.3) is 0 Å². The summed E-state index contributed by atoms with van der Waals surface area (Å²) in [6, 6.07) is 6.50. The van der Waals surface area contributed by atoms with Crippen molar-refractivity contribution in [1.29, 1.82) is 0 Å². The maximum absolute atomic E-state index is 11.5. The molecule has 2 unspecified atom stereocenters. The lowest BCUT2D eigenvalue weighted by Gasteiger charge is -2.38. The van der Waals surface area contributed by atoms with E-state index >= 15 is 0 Å². The van der Waals surface area contributed by atoms with Crippen molar-refractivity contribution in [3.8, 4) is 0 Å². The summed E-state index contributed by atoms with van der Waals surface area (Å²) >= 11 is 3.60. The maximum atomic E-state index is 11.5. The number of rotatable bonds is 3. The molecule has 1 heterocycles. The number of carbonyl (C=O) groups is 1. The van der Waals surface area contributed by atoms with E-state index in [9.17, 15) is 4.79 Å². The summed E-state index contributed by atoms with van der Waals surface area (Å²) in [7, 11) is 0. The number of halogens is 1. The Bertz CT molecular complexity index is 534. The molecule has 3 rings (SSSR count). The summed E-state index contributed by atoms with van der Waals surface area (Å²) in [6.07, 6.45) is 6.83. The highest BCUT2D eigenvalue weighted by atomic mass is 79.9. The van der Waals surface area contributed by atoms with Crippen molar-refractivity contribution in [2.24, 2.45) is 11.8 Å². The normalized spacial score (nSPS) is 25.6. The summed E-state index contributed by atoms with van der Waals surface area (Å²) in [5.41, 5.74) is 4.00. The van der Waals surface area contributed by atoms with Crippen LogP contribution >= 0.6 is 15.9 Å². The number of piperidine rings is 1. The van der Waals surface area contributed by atoms with Gasteiger partial charge in [-0.1, -0.05) is 28.4 Å². The van der Waals surface area contributed by atoms with Crippen molar-refractivity contribution >= 4 is 21.8 Å². The van der Waals surface area contributed by atoms with Gasteiger partial charge in [-0.2, -0.15) is 0 Å². The molecule has 1 amide bonds. The second-order valence-corrected chi connectivity index (χ2v) is 7.01. The molecule has 2 fully saturated rings.